The summed E-state index contributed by atoms with van der Waals surface area (Å²) in [6.45, 7) is 9.42. The molecule has 0 N–H and O–H groups in total. The van der Waals surface area contributed by atoms with E-state index in [0.717, 1.165) is 25.7 Å². The highest BCUT2D eigenvalue weighted by atomic mass is 16.5. The van der Waals surface area contributed by atoms with Crippen LogP contribution in [0.4, 0.5) is 5.69 Å². The number of benzene rings is 1. The van der Waals surface area contributed by atoms with Crippen molar-refractivity contribution in [2.75, 3.05) is 7.11 Å². The molecule has 114 valence electrons. The predicted molar refractivity (Wildman–Crippen MR) is 80.7 cm³/mol. The van der Waals surface area contributed by atoms with Crippen LogP contribution < -0.4 is 9.47 Å². The largest absolute Gasteiger partial charge is 0.497 e. The van der Waals surface area contributed by atoms with Crippen LogP contribution in [-0.4, -0.2) is 13.1 Å². The van der Waals surface area contributed by atoms with Crippen LogP contribution in [0.15, 0.2) is 12.1 Å². The first-order valence-corrected chi connectivity index (χ1v) is 7.31. The molecule has 1 fully saturated rings. The van der Waals surface area contributed by atoms with Gasteiger partial charge >= 0.3 is 5.97 Å². The lowest BCUT2D eigenvalue weighted by atomic mass is 9.83. The fraction of sp³-hybridized carbons (Fsp3) is 0.471. The normalized spacial score (nSPS) is 20.5. The molecule has 0 bridgehead atoms. The molecule has 0 atom stereocenters. The second-order valence-electron chi connectivity index (χ2n) is 5.59. The third-order valence-electron chi connectivity index (χ3n) is 4.11. The molecule has 0 aromatic heterocycles. The number of esters is 1. The van der Waals surface area contributed by atoms with Crippen molar-refractivity contribution >= 4 is 11.7 Å². The minimum Gasteiger partial charge on any atom is -0.497 e. The molecule has 1 saturated carbocycles. The van der Waals surface area contributed by atoms with Crippen LogP contribution in [0.2, 0.25) is 0 Å². The van der Waals surface area contributed by atoms with Crippen molar-refractivity contribution in [2.45, 2.75) is 32.6 Å². The van der Waals surface area contributed by atoms with Gasteiger partial charge in [0.2, 0.25) is 5.69 Å². The standard InChI is InChI=1S/C17H18N2O3/c1-11-4-6-12(7-5-11)17(20)22-15-9-8-14(21-3)13(10-18)16(15)19-2/h8-9,11-12H,4-7H2,1,3H3. The fourth-order valence-electron chi connectivity index (χ4n) is 2.71. The van der Waals surface area contributed by atoms with E-state index in [4.69, 9.17) is 16.0 Å². The SMILES string of the molecule is [C-]#[N+]c1c(OC(=O)C2CCC(C)CC2)ccc(OC)c1C#N. The van der Waals surface area contributed by atoms with Crippen LogP contribution in [0, 0.1) is 29.7 Å². The summed E-state index contributed by atoms with van der Waals surface area (Å²) in [5.41, 5.74) is 0.124. The minimum absolute atomic E-state index is 0.0272. The zero-order chi connectivity index (χ0) is 16.1. The maximum absolute atomic E-state index is 12.3. The zero-order valence-corrected chi connectivity index (χ0v) is 12.8. The van der Waals surface area contributed by atoms with Crippen molar-refractivity contribution in [3.8, 4) is 17.6 Å². The number of nitriles is 1. The van der Waals surface area contributed by atoms with E-state index in [1.807, 2.05) is 6.07 Å². The van der Waals surface area contributed by atoms with Gasteiger partial charge in [-0.2, -0.15) is 5.26 Å². The van der Waals surface area contributed by atoms with Gasteiger partial charge in [0.25, 0.3) is 0 Å². The van der Waals surface area contributed by atoms with E-state index in [2.05, 4.69) is 11.8 Å². The average Bonchev–Trinajstić information content (AvgIpc) is 2.54. The molecule has 1 aromatic rings. The smallest absolute Gasteiger partial charge is 0.313 e. The first-order valence-electron chi connectivity index (χ1n) is 7.31. The quantitative estimate of drug-likeness (QED) is 0.483. The molecule has 1 aliphatic carbocycles. The van der Waals surface area contributed by atoms with Crippen LogP contribution in [0.25, 0.3) is 4.85 Å². The second kappa shape index (κ2) is 6.95. The summed E-state index contributed by atoms with van der Waals surface area (Å²) < 4.78 is 10.5. The van der Waals surface area contributed by atoms with Crippen LogP contribution in [-0.2, 0) is 4.79 Å². The molecule has 0 spiro atoms. The van der Waals surface area contributed by atoms with Gasteiger partial charge in [-0.1, -0.05) is 6.92 Å². The maximum Gasteiger partial charge on any atom is 0.313 e. The van der Waals surface area contributed by atoms with Gasteiger partial charge in [0, 0.05) is 0 Å². The molecule has 1 aromatic carbocycles. The molecule has 22 heavy (non-hydrogen) atoms. The lowest BCUT2D eigenvalue weighted by Crippen LogP contribution is -2.25. The number of carbonyl (C=O) groups excluding carboxylic acids is 1. The molecule has 0 heterocycles. The Kier molecular flexibility index (Phi) is 5.01. The van der Waals surface area contributed by atoms with Crippen molar-refractivity contribution < 1.29 is 14.3 Å². The Balaban J connectivity index is 2.21. The molecular weight excluding hydrogens is 280 g/mol. The highest BCUT2D eigenvalue weighted by Gasteiger charge is 2.27. The Bertz CT molecular complexity index is 647. The van der Waals surface area contributed by atoms with Crippen molar-refractivity contribution in [1.82, 2.24) is 0 Å². The van der Waals surface area contributed by atoms with E-state index < -0.39 is 0 Å². The Hall–Kier alpha value is -2.53. The van der Waals surface area contributed by atoms with Crippen molar-refractivity contribution in [1.29, 1.82) is 5.26 Å². The topological polar surface area (TPSA) is 63.7 Å². The van der Waals surface area contributed by atoms with Crippen LogP contribution in [0.3, 0.4) is 0 Å². The maximum atomic E-state index is 12.3. The van der Waals surface area contributed by atoms with E-state index in [0.29, 0.717) is 11.7 Å². The van der Waals surface area contributed by atoms with E-state index >= 15 is 0 Å². The summed E-state index contributed by atoms with van der Waals surface area (Å²) in [4.78, 5) is 15.6. The highest BCUT2D eigenvalue weighted by Crippen LogP contribution is 2.38. The number of rotatable bonds is 3. The van der Waals surface area contributed by atoms with Gasteiger partial charge in [0.05, 0.1) is 25.7 Å². The van der Waals surface area contributed by atoms with Crippen molar-refractivity contribution in [3.63, 3.8) is 0 Å². The number of ether oxygens (including phenoxy) is 2. The molecule has 0 aliphatic heterocycles. The number of hydrogen-bond donors (Lipinski definition) is 0. The number of hydrogen-bond acceptors (Lipinski definition) is 4. The third kappa shape index (κ3) is 3.20. The van der Waals surface area contributed by atoms with E-state index in [-0.39, 0.29) is 28.9 Å². The summed E-state index contributed by atoms with van der Waals surface area (Å²) in [6, 6.07) is 4.99. The average molecular weight is 298 g/mol. The molecule has 2 rings (SSSR count). The molecule has 0 saturated heterocycles. The molecule has 0 radical (unpaired) electrons. The van der Waals surface area contributed by atoms with Crippen LogP contribution in [0.1, 0.15) is 38.2 Å². The molecule has 1 aliphatic rings. The van der Waals surface area contributed by atoms with Crippen LogP contribution >= 0.6 is 0 Å². The summed E-state index contributed by atoms with van der Waals surface area (Å²) in [5.74, 6) is 0.651. The summed E-state index contributed by atoms with van der Waals surface area (Å²) in [6.07, 6.45) is 3.66. The molecule has 5 nitrogen and oxygen atoms in total. The first-order chi connectivity index (χ1) is 10.6. The summed E-state index contributed by atoms with van der Waals surface area (Å²) in [5, 5.41) is 9.18. The Morgan fingerprint density at radius 3 is 2.50 bits per heavy atom. The minimum atomic E-state index is -0.314. The number of methoxy groups -OCH3 is 1. The van der Waals surface area contributed by atoms with Gasteiger partial charge < -0.3 is 9.47 Å². The Morgan fingerprint density at radius 1 is 1.32 bits per heavy atom. The molecular formula is C17H18N2O3. The molecule has 0 amide bonds. The van der Waals surface area contributed by atoms with Crippen molar-refractivity contribution in [2.24, 2.45) is 11.8 Å². The highest BCUT2D eigenvalue weighted by molar-refractivity contribution is 5.80. The fourth-order valence-corrected chi connectivity index (χ4v) is 2.71. The van der Waals surface area contributed by atoms with Gasteiger partial charge in [0.15, 0.2) is 0 Å². The Labute approximate surface area is 130 Å². The zero-order valence-electron chi connectivity index (χ0n) is 12.8. The number of nitrogens with zero attached hydrogens (tertiary/aromatic N) is 2. The first kappa shape index (κ1) is 15.9. The van der Waals surface area contributed by atoms with E-state index in [1.165, 1.54) is 13.2 Å². The van der Waals surface area contributed by atoms with E-state index in [9.17, 15) is 10.1 Å². The lowest BCUT2D eigenvalue weighted by molar-refractivity contribution is -0.140. The molecule has 5 heteroatoms. The van der Waals surface area contributed by atoms with E-state index in [1.54, 1.807) is 6.07 Å². The van der Waals surface area contributed by atoms with Gasteiger partial charge in [-0.15, -0.1) is 0 Å². The van der Waals surface area contributed by atoms with Crippen molar-refractivity contribution in [3.05, 3.63) is 29.1 Å². The monoisotopic (exact) mass is 298 g/mol. The second-order valence-corrected chi connectivity index (χ2v) is 5.59. The number of carbonyl (C=O) groups is 1. The summed E-state index contributed by atoms with van der Waals surface area (Å²) >= 11 is 0. The van der Waals surface area contributed by atoms with Gasteiger partial charge in [0.1, 0.15) is 17.1 Å². The Morgan fingerprint density at radius 2 is 1.95 bits per heavy atom. The molecule has 0 unspecified atom stereocenters. The van der Waals surface area contributed by atoms with Crippen LogP contribution in [0.5, 0.6) is 11.5 Å². The van der Waals surface area contributed by atoms with Gasteiger partial charge in [-0.05, 0) is 43.7 Å². The third-order valence-corrected chi connectivity index (χ3v) is 4.11. The lowest BCUT2D eigenvalue weighted by Gasteiger charge is -2.24. The summed E-state index contributed by atoms with van der Waals surface area (Å²) in [7, 11) is 1.43. The van der Waals surface area contributed by atoms with Gasteiger partial charge in [-0.25, -0.2) is 4.85 Å². The predicted octanol–water partition coefficient (Wildman–Crippen LogP) is 3.85. The van der Waals surface area contributed by atoms with Gasteiger partial charge in [-0.3, -0.25) is 4.79 Å².